The van der Waals surface area contributed by atoms with E-state index in [0.29, 0.717) is 10.8 Å². The molecule has 1 atom stereocenters. The monoisotopic (exact) mass is 255 g/mol. The molecule has 1 unspecified atom stereocenters. The van der Waals surface area contributed by atoms with Crippen LogP contribution in [-0.4, -0.2) is 25.3 Å². The zero-order valence-corrected chi connectivity index (χ0v) is 10.7. The van der Waals surface area contributed by atoms with Gasteiger partial charge in [0.1, 0.15) is 5.75 Å². The van der Waals surface area contributed by atoms with Crippen LogP contribution in [0.1, 0.15) is 24.5 Å². The first kappa shape index (κ1) is 12.7. The Morgan fingerprint density at radius 3 is 2.76 bits per heavy atom. The van der Waals surface area contributed by atoms with Gasteiger partial charge in [0.05, 0.1) is 13.2 Å². The van der Waals surface area contributed by atoms with E-state index in [-0.39, 0.29) is 5.92 Å². The molecule has 0 spiro atoms. The minimum Gasteiger partial charge on any atom is -0.496 e. The standard InChI is InChI=1S/C13H18ClNO2/c1-17-12-3-2-10(14)8-11(12)13(16)9-4-6-15-7-5-9/h2-3,8-9,13,15-16H,4-7H2,1H3. The van der Waals surface area contributed by atoms with Crippen LogP contribution in [0.4, 0.5) is 0 Å². The summed E-state index contributed by atoms with van der Waals surface area (Å²) in [4.78, 5) is 0. The molecular weight excluding hydrogens is 238 g/mol. The second-order valence-corrected chi connectivity index (χ2v) is 4.85. The van der Waals surface area contributed by atoms with Crippen molar-refractivity contribution in [3.05, 3.63) is 28.8 Å². The highest BCUT2D eigenvalue weighted by atomic mass is 35.5. The summed E-state index contributed by atoms with van der Waals surface area (Å²) >= 11 is 5.98. The molecule has 94 valence electrons. The molecule has 3 nitrogen and oxygen atoms in total. The summed E-state index contributed by atoms with van der Waals surface area (Å²) in [6.45, 7) is 1.93. The quantitative estimate of drug-likeness (QED) is 0.872. The highest BCUT2D eigenvalue weighted by molar-refractivity contribution is 6.30. The van der Waals surface area contributed by atoms with E-state index in [2.05, 4.69) is 5.32 Å². The van der Waals surface area contributed by atoms with Crippen molar-refractivity contribution in [3.8, 4) is 5.75 Å². The molecule has 4 heteroatoms. The fraction of sp³-hybridized carbons (Fsp3) is 0.538. The van der Waals surface area contributed by atoms with Gasteiger partial charge in [-0.2, -0.15) is 0 Å². The van der Waals surface area contributed by atoms with Gasteiger partial charge in [-0.15, -0.1) is 0 Å². The van der Waals surface area contributed by atoms with Gasteiger partial charge in [0.15, 0.2) is 0 Å². The van der Waals surface area contributed by atoms with Gasteiger partial charge in [-0.25, -0.2) is 0 Å². The van der Waals surface area contributed by atoms with E-state index in [4.69, 9.17) is 16.3 Å². The molecule has 0 radical (unpaired) electrons. The van der Waals surface area contributed by atoms with E-state index in [9.17, 15) is 5.11 Å². The van der Waals surface area contributed by atoms with Crippen LogP contribution in [0.2, 0.25) is 5.02 Å². The number of hydrogen-bond acceptors (Lipinski definition) is 3. The number of ether oxygens (including phenoxy) is 1. The predicted molar refractivity (Wildman–Crippen MR) is 68.6 cm³/mol. The lowest BCUT2D eigenvalue weighted by Crippen LogP contribution is -2.31. The lowest BCUT2D eigenvalue weighted by Gasteiger charge is -2.28. The third kappa shape index (κ3) is 2.92. The molecule has 0 amide bonds. The van der Waals surface area contributed by atoms with E-state index < -0.39 is 6.10 Å². The largest absolute Gasteiger partial charge is 0.496 e. The molecule has 1 aliphatic rings. The summed E-state index contributed by atoms with van der Waals surface area (Å²) < 4.78 is 5.28. The molecular formula is C13H18ClNO2. The molecule has 1 heterocycles. The zero-order chi connectivity index (χ0) is 12.3. The Labute approximate surface area is 107 Å². The van der Waals surface area contributed by atoms with Gasteiger partial charge < -0.3 is 15.2 Å². The van der Waals surface area contributed by atoms with Gasteiger partial charge in [0.2, 0.25) is 0 Å². The van der Waals surface area contributed by atoms with Gasteiger partial charge in [0, 0.05) is 10.6 Å². The van der Waals surface area contributed by atoms with Crippen molar-refractivity contribution in [1.82, 2.24) is 5.32 Å². The topological polar surface area (TPSA) is 41.5 Å². The van der Waals surface area contributed by atoms with Gasteiger partial charge in [0.25, 0.3) is 0 Å². The van der Waals surface area contributed by atoms with Crippen molar-refractivity contribution in [3.63, 3.8) is 0 Å². The normalized spacial score (nSPS) is 19.0. The number of piperidine rings is 1. The molecule has 1 aliphatic heterocycles. The van der Waals surface area contributed by atoms with Gasteiger partial charge >= 0.3 is 0 Å². The Balaban J connectivity index is 2.21. The second-order valence-electron chi connectivity index (χ2n) is 4.42. The molecule has 1 aromatic rings. The molecule has 1 aromatic carbocycles. The first-order chi connectivity index (χ1) is 8.22. The number of nitrogens with one attached hydrogen (secondary N) is 1. The Hall–Kier alpha value is -0.770. The molecule has 0 saturated carbocycles. The van der Waals surface area contributed by atoms with Crippen molar-refractivity contribution < 1.29 is 9.84 Å². The molecule has 2 N–H and O–H groups in total. The average Bonchev–Trinajstić information content (AvgIpc) is 2.39. The van der Waals surface area contributed by atoms with Crippen LogP contribution >= 0.6 is 11.6 Å². The first-order valence-corrected chi connectivity index (χ1v) is 6.32. The van der Waals surface area contributed by atoms with E-state index >= 15 is 0 Å². The molecule has 0 aliphatic carbocycles. The van der Waals surface area contributed by atoms with Crippen LogP contribution in [0.5, 0.6) is 5.75 Å². The van der Waals surface area contributed by atoms with Crippen LogP contribution in [-0.2, 0) is 0 Å². The third-order valence-corrected chi connectivity index (χ3v) is 3.58. The van der Waals surface area contributed by atoms with Crippen LogP contribution in [0.3, 0.4) is 0 Å². The average molecular weight is 256 g/mol. The number of rotatable bonds is 3. The number of halogens is 1. The zero-order valence-electron chi connectivity index (χ0n) is 9.95. The maximum absolute atomic E-state index is 10.4. The van der Waals surface area contributed by atoms with Crippen LogP contribution in [0, 0.1) is 5.92 Å². The summed E-state index contributed by atoms with van der Waals surface area (Å²) in [5.41, 5.74) is 0.798. The molecule has 1 fully saturated rings. The lowest BCUT2D eigenvalue weighted by atomic mass is 9.88. The number of aliphatic hydroxyl groups is 1. The van der Waals surface area contributed by atoms with E-state index in [1.807, 2.05) is 6.07 Å². The Bertz CT molecular complexity index is 378. The fourth-order valence-electron chi connectivity index (χ4n) is 2.35. The maximum Gasteiger partial charge on any atom is 0.124 e. The number of hydrogen-bond donors (Lipinski definition) is 2. The third-order valence-electron chi connectivity index (χ3n) is 3.34. The van der Waals surface area contributed by atoms with Gasteiger partial charge in [-0.1, -0.05) is 11.6 Å². The van der Waals surface area contributed by atoms with E-state index in [1.54, 1.807) is 19.2 Å². The van der Waals surface area contributed by atoms with Crippen molar-refractivity contribution in [2.45, 2.75) is 18.9 Å². The van der Waals surface area contributed by atoms with E-state index in [1.165, 1.54) is 0 Å². The molecule has 1 saturated heterocycles. The molecule has 0 aromatic heterocycles. The second kappa shape index (κ2) is 5.71. The van der Waals surface area contributed by atoms with Crippen molar-refractivity contribution in [1.29, 1.82) is 0 Å². The number of aliphatic hydroxyl groups excluding tert-OH is 1. The Morgan fingerprint density at radius 2 is 2.12 bits per heavy atom. The summed E-state index contributed by atoms with van der Waals surface area (Å²) in [5, 5.41) is 14.3. The van der Waals surface area contributed by atoms with Crippen LogP contribution in [0.15, 0.2) is 18.2 Å². The van der Waals surface area contributed by atoms with E-state index in [0.717, 1.165) is 31.5 Å². The number of methoxy groups -OCH3 is 1. The van der Waals surface area contributed by atoms with Crippen LogP contribution < -0.4 is 10.1 Å². The lowest BCUT2D eigenvalue weighted by molar-refractivity contribution is 0.0865. The summed E-state index contributed by atoms with van der Waals surface area (Å²) in [5.74, 6) is 0.990. The summed E-state index contributed by atoms with van der Waals surface area (Å²) in [6.07, 6.45) is 1.47. The van der Waals surface area contributed by atoms with Crippen LogP contribution in [0.25, 0.3) is 0 Å². The van der Waals surface area contributed by atoms with Crippen molar-refractivity contribution in [2.24, 2.45) is 5.92 Å². The van der Waals surface area contributed by atoms with Gasteiger partial charge in [-0.3, -0.25) is 0 Å². The highest BCUT2D eigenvalue weighted by Crippen LogP contribution is 2.35. The first-order valence-electron chi connectivity index (χ1n) is 5.94. The Kier molecular flexibility index (Phi) is 4.26. The Morgan fingerprint density at radius 1 is 1.41 bits per heavy atom. The molecule has 0 bridgehead atoms. The summed E-state index contributed by atoms with van der Waals surface area (Å²) in [6, 6.07) is 5.38. The molecule has 2 rings (SSSR count). The fourth-order valence-corrected chi connectivity index (χ4v) is 2.53. The van der Waals surface area contributed by atoms with Crippen molar-refractivity contribution in [2.75, 3.05) is 20.2 Å². The molecule has 17 heavy (non-hydrogen) atoms. The number of benzene rings is 1. The predicted octanol–water partition coefficient (Wildman–Crippen LogP) is 2.38. The van der Waals surface area contributed by atoms with Crippen molar-refractivity contribution >= 4 is 11.6 Å². The summed E-state index contributed by atoms with van der Waals surface area (Å²) in [7, 11) is 1.61. The smallest absolute Gasteiger partial charge is 0.124 e. The highest BCUT2D eigenvalue weighted by Gasteiger charge is 2.25. The minimum absolute atomic E-state index is 0.281. The minimum atomic E-state index is -0.495. The SMILES string of the molecule is COc1ccc(Cl)cc1C(O)C1CCNCC1. The van der Waals surface area contributed by atoms with Gasteiger partial charge in [-0.05, 0) is 50.0 Å². The maximum atomic E-state index is 10.4.